The fourth-order valence-corrected chi connectivity index (χ4v) is 7.67. The fourth-order valence-electron chi connectivity index (χ4n) is 5.29. The highest BCUT2D eigenvalue weighted by molar-refractivity contribution is 8.07. The Balaban J connectivity index is 1.37. The molecule has 5 heterocycles. The third-order valence-electron chi connectivity index (χ3n) is 7.38. The number of nitrogens with zero attached hydrogens (tertiary/aromatic N) is 5. The number of nitrogens with one attached hydrogen (secondary N) is 1. The highest BCUT2D eigenvalue weighted by atomic mass is 32.5. The number of H-pyrrole nitrogens is 1. The number of hydrogen-bond donors (Lipinski definition) is 4. The number of rotatable bonds is 14. The second-order valence-electron chi connectivity index (χ2n) is 10.1. The third-order valence-corrected chi connectivity index (χ3v) is 10.6. The first-order valence-corrected chi connectivity index (χ1v) is 18.8. The van der Waals surface area contributed by atoms with Crippen molar-refractivity contribution < 1.29 is 51.6 Å². The van der Waals surface area contributed by atoms with E-state index in [0.29, 0.717) is 11.2 Å². The summed E-state index contributed by atoms with van der Waals surface area (Å²) in [5.41, 5.74) is 5.23. The zero-order valence-corrected chi connectivity index (χ0v) is 28.7. The summed E-state index contributed by atoms with van der Waals surface area (Å²) in [6, 6.07) is 1.11. The first-order chi connectivity index (χ1) is 22.3. The first-order valence-electron chi connectivity index (χ1n) is 13.7. The first kappa shape index (κ1) is 36.2. The summed E-state index contributed by atoms with van der Waals surface area (Å²) in [7, 11) is 5.34. The van der Waals surface area contributed by atoms with Crippen molar-refractivity contribution >= 4 is 54.0 Å². The standard InChI is InChI=1S/C23H33N7O13P2S2/c1-35-7-11-15(18(37-3)22(40-11)30-10-27-14-19(24)25-9-26-20(14)30)43-45(34,47)39-8-12-16(42-44(33,46)38-4)17(36-2)21(41-12)29-6-5-13(31)28-23(29)32/h5-6,9-12,15-18,21-22H,7-8H2,1-4H3,(H,33,46)(H,34,47)(H2,24,25,26)(H,28,31,32)/t11-,12-,15+,16+,17?,18?,21-,22-,44?,45?/m1/s1. The molecular formula is C23H33N7O13P2S2. The van der Waals surface area contributed by atoms with Crippen LogP contribution in [0.3, 0.4) is 0 Å². The van der Waals surface area contributed by atoms with E-state index < -0.39 is 80.4 Å². The van der Waals surface area contributed by atoms with Crippen LogP contribution in [0.1, 0.15) is 12.5 Å². The molecule has 4 unspecified atom stereocenters. The Morgan fingerprint density at radius 1 is 0.915 bits per heavy atom. The molecule has 5 rings (SSSR count). The largest absolute Gasteiger partial charge is 0.382 e. The second-order valence-corrected chi connectivity index (χ2v) is 15.8. The van der Waals surface area contributed by atoms with Gasteiger partial charge in [-0.25, -0.2) is 19.7 Å². The zero-order valence-electron chi connectivity index (χ0n) is 25.3. The number of ether oxygens (including phenoxy) is 5. The molecule has 0 spiro atoms. The van der Waals surface area contributed by atoms with Crippen molar-refractivity contribution in [1.29, 1.82) is 0 Å². The van der Waals surface area contributed by atoms with Gasteiger partial charge in [0, 0.05) is 40.7 Å². The summed E-state index contributed by atoms with van der Waals surface area (Å²) in [4.78, 5) is 60.6. The molecule has 0 radical (unpaired) electrons. The number of anilines is 1. The molecule has 3 aromatic heterocycles. The van der Waals surface area contributed by atoms with Crippen LogP contribution in [0, 0.1) is 0 Å². The van der Waals surface area contributed by atoms with Gasteiger partial charge >= 0.3 is 19.1 Å². The Labute approximate surface area is 276 Å². The monoisotopic (exact) mass is 741 g/mol. The lowest BCUT2D eigenvalue weighted by Gasteiger charge is -2.29. The van der Waals surface area contributed by atoms with Gasteiger partial charge in [0.25, 0.3) is 5.56 Å². The molecule has 0 aromatic carbocycles. The number of hydrogen-bond acceptors (Lipinski definition) is 17. The van der Waals surface area contributed by atoms with Crippen LogP contribution in [0.25, 0.3) is 11.2 Å². The summed E-state index contributed by atoms with van der Waals surface area (Å²) >= 11 is 10.4. The van der Waals surface area contributed by atoms with Crippen molar-refractivity contribution in [3.63, 3.8) is 0 Å². The fraction of sp³-hybridized carbons (Fsp3) is 0.609. The van der Waals surface area contributed by atoms with Crippen molar-refractivity contribution in [3.8, 4) is 0 Å². The summed E-state index contributed by atoms with van der Waals surface area (Å²) in [5.74, 6) is 0.170. The van der Waals surface area contributed by atoms with Gasteiger partial charge in [-0.1, -0.05) is 0 Å². The van der Waals surface area contributed by atoms with Crippen LogP contribution < -0.4 is 17.0 Å². The molecule has 3 aromatic rings. The van der Waals surface area contributed by atoms with E-state index in [1.54, 1.807) is 4.57 Å². The van der Waals surface area contributed by atoms with Crippen LogP contribution in [-0.4, -0.2) is 117 Å². The van der Waals surface area contributed by atoms with Crippen molar-refractivity contribution in [2.45, 2.75) is 49.1 Å². The molecule has 260 valence electrons. The summed E-state index contributed by atoms with van der Waals surface area (Å²) < 4.78 is 53.8. The Morgan fingerprint density at radius 2 is 1.53 bits per heavy atom. The minimum absolute atomic E-state index is 0.0189. The molecule has 0 saturated carbocycles. The molecule has 0 aliphatic carbocycles. The number of aromatic nitrogens is 6. The highest BCUT2D eigenvalue weighted by Gasteiger charge is 2.52. The third kappa shape index (κ3) is 7.72. The smallest absolute Gasteiger partial charge is 0.330 e. The van der Waals surface area contributed by atoms with Gasteiger partial charge in [0.1, 0.15) is 48.5 Å². The molecule has 2 aliphatic heterocycles. The molecule has 2 aliphatic rings. The van der Waals surface area contributed by atoms with Crippen LogP contribution in [0.2, 0.25) is 0 Å². The number of methoxy groups -OCH3 is 3. The number of nitrogen functional groups attached to an aromatic ring is 1. The van der Waals surface area contributed by atoms with Gasteiger partial charge in [-0.2, -0.15) is 0 Å². The molecular weight excluding hydrogens is 708 g/mol. The molecule has 20 nitrogen and oxygen atoms in total. The predicted octanol–water partition coefficient (Wildman–Crippen LogP) is -0.703. The molecule has 10 atom stereocenters. The van der Waals surface area contributed by atoms with Crippen LogP contribution >= 0.6 is 13.4 Å². The van der Waals surface area contributed by atoms with E-state index in [9.17, 15) is 19.4 Å². The van der Waals surface area contributed by atoms with E-state index in [0.717, 1.165) is 17.7 Å². The van der Waals surface area contributed by atoms with E-state index in [4.69, 9.17) is 71.1 Å². The molecule has 2 saturated heterocycles. The van der Waals surface area contributed by atoms with Crippen LogP contribution in [-0.2, 0) is 65.4 Å². The van der Waals surface area contributed by atoms with Gasteiger partial charge in [0.2, 0.25) is 0 Å². The van der Waals surface area contributed by atoms with Crippen LogP contribution in [0.5, 0.6) is 0 Å². The molecule has 0 bridgehead atoms. The van der Waals surface area contributed by atoms with Crippen molar-refractivity contribution in [2.24, 2.45) is 0 Å². The molecule has 2 fully saturated rings. The Bertz CT molecular complexity index is 1780. The lowest BCUT2D eigenvalue weighted by Crippen LogP contribution is -2.40. The normalized spacial score (nSPS) is 30.4. The lowest BCUT2D eigenvalue weighted by atomic mass is 10.1. The van der Waals surface area contributed by atoms with E-state index in [1.807, 2.05) is 0 Å². The lowest BCUT2D eigenvalue weighted by molar-refractivity contribution is -0.0645. The maximum Gasteiger partial charge on any atom is 0.330 e. The molecule has 47 heavy (non-hydrogen) atoms. The van der Waals surface area contributed by atoms with Crippen LogP contribution in [0.4, 0.5) is 5.82 Å². The average molecular weight is 742 g/mol. The average Bonchev–Trinajstić information content (AvgIpc) is 3.70. The maximum absolute atomic E-state index is 12.6. The van der Waals surface area contributed by atoms with E-state index >= 15 is 0 Å². The summed E-state index contributed by atoms with van der Waals surface area (Å²) in [5, 5.41) is 0. The van der Waals surface area contributed by atoms with Gasteiger partial charge in [0.15, 0.2) is 23.9 Å². The van der Waals surface area contributed by atoms with Gasteiger partial charge in [0.05, 0.1) is 19.5 Å². The van der Waals surface area contributed by atoms with Gasteiger partial charge < -0.3 is 48.3 Å². The van der Waals surface area contributed by atoms with Crippen LogP contribution in [0.15, 0.2) is 34.5 Å². The molecule has 24 heteroatoms. The maximum atomic E-state index is 12.6. The van der Waals surface area contributed by atoms with Gasteiger partial charge in [-0.05, 0) is 23.6 Å². The van der Waals surface area contributed by atoms with Gasteiger partial charge in [-0.15, -0.1) is 0 Å². The number of aromatic amines is 1. The predicted molar refractivity (Wildman–Crippen MR) is 168 cm³/mol. The highest BCUT2D eigenvalue weighted by Crippen LogP contribution is 2.52. The Morgan fingerprint density at radius 3 is 2.13 bits per heavy atom. The summed E-state index contributed by atoms with van der Waals surface area (Å²) in [6.07, 6.45) is -4.26. The SMILES string of the molecule is COC[C@H]1O[C@@H](n2cnc3c(N)ncnc32)C(OC)[C@H]1OP(O)(=S)OC[C@H]1O[C@@H](n2ccc(=O)[nH]c2=O)C(OC)[C@H]1OP(O)(=S)OC. The van der Waals surface area contributed by atoms with Crippen molar-refractivity contribution in [2.75, 3.05) is 47.4 Å². The quantitative estimate of drug-likeness (QED) is 0.149. The van der Waals surface area contributed by atoms with E-state index in [2.05, 4.69) is 19.9 Å². The number of nitrogens with two attached hydrogens (primary N) is 1. The van der Waals surface area contributed by atoms with E-state index in [1.165, 1.54) is 40.2 Å². The number of fused-ring (bicyclic) bond motifs is 1. The molecule has 0 amide bonds. The Kier molecular flexibility index (Phi) is 11.4. The van der Waals surface area contributed by atoms with Crippen molar-refractivity contribution in [3.05, 3.63) is 45.8 Å². The number of imidazole rings is 1. The molecule has 5 N–H and O–H groups in total. The topological polar surface area (TPSA) is 248 Å². The van der Waals surface area contributed by atoms with Crippen molar-refractivity contribution in [1.82, 2.24) is 29.1 Å². The zero-order chi connectivity index (χ0) is 34.1. The van der Waals surface area contributed by atoms with E-state index in [-0.39, 0.29) is 12.4 Å². The summed E-state index contributed by atoms with van der Waals surface area (Å²) in [6.45, 7) is -8.44. The minimum atomic E-state index is -4.14. The minimum Gasteiger partial charge on any atom is -0.382 e. The Hall–Kier alpha value is -2.11. The van der Waals surface area contributed by atoms with Gasteiger partial charge in [-0.3, -0.25) is 28.0 Å². The second kappa shape index (κ2) is 14.8.